The third-order valence-electron chi connectivity index (χ3n) is 8.34. The zero-order valence-electron chi connectivity index (χ0n) is 30.2. The highest BCUT2D eigenvalue weighted by Crippen LogP contribution is 2.15. The van der Waals surface area contributed by atoms with Crippen molar-refractivity contribution in [3.8, 4) is 0 Å². The molecule has 258 valence electrons. The number of hydrogen-bond donors (Lipinski definition) is 0. The number of ether oxygens (including phenoxy) is 2. The molecule has 2 heteroatoms. The molecule has 0 aromatic heterocycles. The predicted octanol–water partition coefficient (Wildman–Crippen LogP) is 14.6. The van der Waals surface area contributed by atoms with Gasteiger partial charge in [-0.15, -0.1) is 0 Å². The first-order chi connectivity index (χ1) is 21.8. The standard InChI is InChI=1S/C42H78O2/c1-4-7-10-12-14-16-18-20-22-24-25-27-29-31-33-35-37-39-42(43-40-9-6-3)44-41-38-36-34-32-30-28-26-23-21-19-17-15-13-11-8-5-2/h14-17,20-23,42H,4-13,18-19,24-41H2,1-3H3/b16-14-,17-15-,22-20-,23-21-. The normalized spacial score (nSPS) is 13.1. The van der Waals surface area contributed by atoms with Crippen LogP contribution in [0.4, 0.5) is 0 Å². The van der Waals surface area contributed by atoms with Gasteiger partial charge in [-0.3, -0.25) is 0 Å². The van der Waals surface area contributed by atoms with Gasteiger partial charge in [-0.2, -0.15) is 0 Å². The maximum absolute atomic E-state index is 6.19. The van der Waals surface area contributed by atoms with Gasteiger partial charge in [-0.05, 0) is 89.9 Å². The SMILES string of the molecule is CCCCC/C=C\C/C=C\CCCCCCCCCC(OCCCC)OCCCCCCCC/C=C\C/C=C\CCCCC. The van der Waals surface area contributed by atoms with E-state index in [0.717, 1.165) is 38.9 Å². The average molecular weight is 615 g/mol. The topological polar surface area (TPSA) is 18.5 Å². The molecule has 0 aromatic carbocycles. The molecular formula is C42H78O2. The Hall–Kier alpha value is -1.12. The number of unbranched alkanes of at least 4 members (excludes halogenated alkanes) is 20. The summed E-state index contributed by atoms with van der Waals surface area (Å²) in [6.07, 6.45) is 54.6. The van der Waals surface area contributed by atoms with Gasteiger partial charge >= 0.3 is 0 Å². The Morgan fingerprint density at radius 1 is 0.341 bits per heavy atom. The first kappa shape index (κ1) is 42.9. The maximum Gasteiger partial charge on any atom is 0.157 e. The second-order valence-electron chi connectivity index (χ2n) is 12.8. The molecule has 0 saturated heterocycles. The van der Waals surface area contributed by atoms with E-state index in [4.69, 9.17) is 9.47 Å². The van der Waals surface area contributed by atoms with E-state index in [1.807, 2.05) is 0 Å². The van der Waals surface area contributed by atoms with Gasteiger partial charge in [0.25, 0.3) is 0 Å². The van der Waals surface area contributed by atoms with Crippen molar-refractivity contribution < 1.29 is 9.47 Å². The van der Waals surface area contributed by atoms with Crippen LogP contribution < -0.4 is 0 Å². The highest BCUT2D eigenvalue weighted by atomic mass is 16.7. The molecular weight excluding hydrogens is 536 g/mol. The summed E-state index contributed by atoms with van der Waals surface area (Å²) in [5, 5.41) is 0. The Kier molecular flexibility index (Phi) is 38.9. The molecule has 0 saturated carbocycles. The average Bonchev–Trinajstić information content (AvgIpc) is 3.03. The van der Waals surface area contributed by atoms with E-state index in [1.54, 1.807) is 0 Å². The Morgan fingerprint density at radius 3 is 1.11 bits per heavy atom. The molecule has 0 aromatic rings. The first-order valence-electron chi connectivity index (χ1n) is 19.7. The van der Waals surface area contributed by atoms with Gasteiger partial charge in [-0.25, -0.2) is 0 Å². The van der Waals surface area contributed by atoms with Crippen LogP contribution in [0.15, 0.2) is 48.6 Å². The van der Waals surface area contributed by atoms with Crippen molar-refractivity contribution in [3.05, 3.63) is 48.6 Å². The molecule has 0 aliphatic carbocycles. The van der Waals surface area contributed by atoms with Crippen molar-refractivity contribution in [2.75, 3.05) is 13.2 Å². The molecule has 0 bridgehead atoms. The summed E-state index contributed by atoms with van der Waals surface area (Å²) >= 11 is 0. The van der Waals surface area contributed by atoms with E-state index in [-0.39, 0.29) is 6.29 Å². The molecule has 0 fully saturated rings. The highest BCUT2D eigenvalue weighted by molar-refractivity contribution is 4.93. The maximum atomic E-state index is 6.19. The van der Waals surface area contributed by atoms with E-state index in [0.29, 0.717) is 0 Å². The molecule has 1 unspecified atom stereocenters. The summed E-state index contributed by atoms with van der Waals surface area (Å²) in [6, 6.07) is 0. The summed E-state index contributed by atoms with van der Waals surface area (Å²) in [6.45, 7) is 8.46. The lowest BCUT2D eigenvalue weighted by Crippen LogP contribution is -2.19. The smallest absolute Gasteiger partial charge is 0.157 e. The van der Waals surface area contributed by atoms with Crippen LogP contribution in [0.25, 0.3) is 0 Å². The molecule has 0 radical (unpaired) electrons. The molecule has 0 rings (SSSR count). The van der Waals surface area contributed by atoms with Crippen LogP contribution in [0.3, 0.4) is 0 Å². The van der Waals surface area contributed by atoms with Gasteiger partial charge in [0.15, 0.2) is 6.29 Å². The minimum atomic E-state index is 0.0116. The van der Waals surface area contributed by atoms with Crippen LogP contribution in [-0.4, -0.2) is 19.5 Å². The minimum Gasteiger partial charge on any atom is -0.353 e. The largest absolute Gasteiger partial charge is 0.353 e. The molecule has 0 aliphatic heterocycles. The third-order valence-corrected chi connectivity index (χ3v) is 8.34. The summed E-state index contributed by atoms with van der Waals surface area (Å²) < 4.78 is 12.3. The Bertz CT molecular complexity index is 582. The van der Waals surface area contributed by atoms with E-state index in [9.17, 15) is 0 Å². The highest BCUT2D eigenvalue weighted by Gasteiger charge is 2.09. The van der Waals surface area contributed by atoms with Crippen molar-refractivity contribution in [1.82, 2.24) is 0 Å². The van der Waals surface area contributed by atoms with Gasteiger partial charge in [0.05, 0.1) is 0 Å². The van der Waals surface area contributed by atoms with Gasteiger partial charge in [0.1, 0.15) is 0 Å². The van der Waals surface area contributed by atoms with Crippen LogP contribution in [0.5, 0.6) is 0 Å². The van der Waals surface area contributed by atoms with Gasteiger partial charge in [-0.1, -0.05) is 159 Å². The van der Waals surface area contributed by atoms with E-state index >= 15 is 0 Å². The monoisotopic (exact) mass is 615 g/mol. The van der Waals surface area contributed by atoms with Crippen molar-refractivity contribution in [2.45, 2.75) is 207 Å². The van der Waals surface area contributed by atoms with Crippen molar-refractivity contribution in [2.24, 2.45) is 0 Å². The van der Waals surface area contributed by atoms with Gasteiger partial charge in [0.2, 0.25) is 0 Å². The fourth-order valence-electron chi connectivity index (χ4n) is 5.35. The summed E-state index contributed by atoms with van der Waals surface area (Å²) in [7, 11) is 0. The summed E-state index contributed by atoms with van der Waals surface area (Å²) in [5.41, 5.74) is 0. The number of hydrogen-bond acceptors (Lipinski definition) is 2. The zero-order chi connectivity index (χ0) is 31.9. The van der Waals surface area contributed by atoms with Crippen LogP contribution in [0, 0.1) is 0 Å². The molecule has 2 nitrogen and oxygen atoms in total. The van der Waals surface area contributed by atoms with Crippen LogP contribution in [0.1, 0.15) is 201 Å². The van der Waals surface area contributed by atoms with E-state index < -0.39 is 0 Å². The lowest BCUT2D eigenvalue weighted by molar-refractivity contribution is -0.147. The van der Waals surface area contributed by atoms with Crippen molar-refractivity contribution in [3.63, 3.8) is 0 Å². The minimum absolute atomic E-state index is 0.0116. The second kappa shape index (κ2) is 39.9. The predicted molar refractivity (Wildman–Crippen MR) is 199 cm³/mol. The fraction of sp³-hybridized carbons (Fsp3) is 0.810. The van der Waals surface area contributed by atoms with Crippen LogP contribution in [0.2, 0.25) is 0 Å². The van der Waals surface area contributed by atoms with Crippen molar-refractivity contribution >= 4 is 0 Å². The van der Waals surface area contributed by atoms with Crippen molar-refractivity contribution in [1.29, 1.82) is 0 Å². The van der Waals surface area contributed by atoms with E-state index in [2.05, 4.69) is 69.4 Å². The number of allylic oxidation sites excluding steroid dienone is 8. The van der Waals surface area contributed by atoms with Crippen LogP contribution in [-0.2, 0) is 9.47 Å². The Morgan fingerprint density at radius 2 is 0.682 bits per heavy atom. The molecule has 0 spiro atoms. The lowest BCUT2D eigenvalue weighted by Gasteiger charge is -2.18. The van der Waals surface area contributed by atoms with Gasteiger partial charge in [0, 0.05) is 13.2 Å². The lowest BCUT2D eigenvalue weighted by atomic mass is 10.1. The van der Waals surface area contributed by atoms with E-state index in [1.165, 1.54) is 154 Å². The second-order valence-corrected chi connectivity index (χ2v) is 12.8. The molecule has 0 aliphatic rings. The molecule has 1 atom stereocenters. The zero-order valence-corrected chi connectivity index (χ0v) is 30.2. The molecule has 0 heterocycles. The fourth-order valence-corrected chi connectivity index (χ4v) is 5.35. The van der Waals surface area contributed by atoms with Crippen LogP contribution >= 0.6 is 0 Å². The van der Waals surface area contributed by atoms with Gasteiger partial charge < -0.3 is 9.47 Å². The molecule has 0 amide bonds. The first-order valence-corrected chi connectivity index (χ1v) is 19.7. The molecule has 44 heavy (non-hydrogen) atoms. The quantitative estimate of drug-likeness (QED) is 0.0397. The Balaban J connectivity index is 3.66. The number of rotatable bonds is 36. The molecule has 0 N–H and O–H groups in total. The summed E-state index contributed by atoms with van der Waals surface area (Å²) in [4.78, 5) is 0. The third kappa shape index (κ3) is 37.1. The Labute approximate surface area is 277 Å². The summed E-state index contributed by atoms with van der Waals surface area (Å²) in [5.74, 6) is 0.